The largest absolute Gasteiger partial charge is 0.493 e. The second-order valence-corrected chi connectivity index (χ2v) is 8.80. The van der Waals surface area contributed by atoms with E-state index in [0.717, 1.165) is 42.2 Å². The smallest absolute Gasteiger partial charge is 0.123 e. The number of rotatable bonds is 6. The second-order valence-electron chi connectivity index (χ2n) is 8.80. The lowest BCUT2D eigenvalue weighted by atomic mass is 10.0. The minimum atomic E-state index is 0.569. The number of hydrogen-bond donors (Lipinski definition) is 0. The minimum Gasteiger partial charge on any atom is -0.493 e. The molecule has 3 aromatic rings. The average molecular weight is 376 g/mol. The Morgan fingerprint density at radius 2 is 1.75 bits per heavy atom. The lowest BCUT2D eigenvalue weighted by Crippen LogP contribution is -2.26. The number of para-hydroxylation sites is 2. The van der Waals surface area contributed by atoms with Gasteiger partial charge in [0.1, 0.15) is 11.6 Å². The molecule has 4 nitrogen and oxygen atoms in total. The standard InChI is InChI=1S/C24H29N3O/c1-16(2)17-8-10-18(11-9-17)28-15-21-19-12-27(13-20(19)21)14-24-25-22-6-4-5-7-23(22)26(24)3/h4-11,16,19-21H,12-15H2,1-3H3/t19-,20+,21?. The number of aromatic nitrogens is 2. The van der Waals surface area contributed by atoms with Crippen molar-refractivity contribution in [3.63, 3.8) is 0 Å². The summed E-state index contributed by atoms with van der Waals surface area (Å²) in [6.45, 7) is 8.60. The van der Waals surface area contributed by atoms with Crippen LogP contribution in [0.15, 0.2) is 48.5 Å². The van der Waals surface area contributed by atoms with Gasteiger partial charge in [0.25, 0.3) is 0 Å². The van der Waals surface area contributed by atoms with E-state index in [1.54, 1.807) is 0 Å². The van der Waals surface area contributed by atoms with E-state index in [-0.39, 0.29) is 0 Å². The molecular formula is C24H29N3O. The van der Waals surface area contributed by atoms with Crippen LogP contribution < -0.4 is 4.74 Å². The Balaban J connectivity index is 1.13. The molecule has 1 aliphatic carbocycles. The second kappa shape index (κ2) is 6.93. The zero-order valence-corrected chi connectivity index (χ0v) is 17.0. The molecule has 2 aliphatic rings. The number of likely N-dealkylation sites (tertiary alicyclic amines) is 1. The third-order valence-corrected chi connectivity index (χ3v) is 6.68. The Hall–Kier alpha value is -2.33. The summed E-state index contributed by atoms with van der Waals surface area (Å²) >= 11 is 0. The molecule has 0 spiro atoms. The van der Waals surface area contributed by atoms with Crippen molar-refractivity contribution in [2.75, 3.05) is 19.7 Å². The highest BCUT2D eigenvalue weighted by molar-refractivity contribution is 5.75. The van der Waals surface area contributed by atoms with Crippen LogP contribution in [-0.2, 0) is 13.6 Å². The lowest BCUT2D eigenvalue weighted by molar-refractivity contribution is 0.226. The molecule has 1 aliphatic heterocycles. The molecule has 4 heteroatoms. The first-order valence-electron chi connectivity index (χ1n) is 10.5. The summed E-state index contributed by atoms with van der Waals surface area (Å²) in [6.07, 6.45) is 0. The highest BCUT2D eigenvalue weighted by Crippen LogP contribution is 2.52. The van der Waals surface area contributed by atoms with Crippen LogP contribution in [0.2, 0.25) is 0 Å². The first-order valence-corrected chi connectivity index (χ1v) is 10.5. The maximum atomic E-state index is 6.08. The Bertz CT molecular complexity index is 963. The fraction of sp³-hybridized carbons (Fsp3) is 0.458. The van der Waals surface area contributed by atoms with E-state index in [0.29, 0.717) is 5.92 Å². The number of hydrogen-bond acceptors (Lipinski definition) is 3. The Morgan fingerprint density at radius 1 is 1.04 bits per heavy atom. The number of fused-ring (bicyclic) bond motifs is 2. The molecule has 2 heterocycles. The predicted molar refractivity (Wildman–Crippen MR) is 112 cm³/mol. The number of piperidine rings is 1. The molecule has 0 N–H and O–H groups in total. The van der Waals surface area contributed by atoms with E-state index in [1.807, 2.05) is 0 Å². The van der Waals surface area contributed by atoms with E-state index in [2.05, 4.69) is 78.9 Å². The van der Waals surface area contributed by atoms with E-state index >= 15 is 0 Å². The van der Waals surface area contributed by atoms with Gasteiger partial charge in [-0.2, -0.15) is 0 Å². The number of ether oxygens (including phenoxy) is 1. The van der Waals surface area contributed by atoms with Gasteiger partial charge in [0.05, 0.1) is 24.2 Å². The number of aryl methyl sites for hydroxylation is 1. The van der Waals surface area contributed by atoms with Crippen LogP contribution in [-0.4, -0.2) is 34.1 Å². The number of benzene rings is 2. The van der Waals surface area contributed by atoms with Crippen LogP contribution >= 0.6 is 0 Å². The zero-order chi connectivity index (χ0) is 19.3. The van der Waals surface area contributed by atoms with Gasteiger partial charge in [-0.1, -0.05) is 38.1 Å². The van der Waals surface area contributed by atoms with E-state index < -0.39 is 0 Å². The van der Waals surface area contributed by atoms with Gasteiger partial charge in [0.2, 0.25) is 0 Å². The summed E-state index contributed by atoms with van der Waals surface area (Å²) in [6, 6.07) is 17.0. The molecular weight excluding hydrogens is 346 g/mol. The van der Waals surface area contributed by atoms with Gasteiger partial charge in [-0.05, 0) is 47.6 Å². The molecule has 2 fully saturated rings. The van der Waals surface area contributed by atoms with Crippen molar-refractivity contribution in [3.8, 4) is 5.75 Å². The SMILES string of the molecule is CC(C)c1ccc(OCC2[C@H]3CN(Cc4nc5ccccc5n4C)C[C@@H]23)cc1. The van der Waals surface area contributed by atoms with Crippen molar-refractivity contribution in [2.45, 2.75) is 26.3 Å². The molecule has 28 heavy (non-hydrogen) atoms. The molecule has 3 atom stereocenters. The van der Waals surface area contributed by atoms with Crippen LogP contribution in [0.3, 0.4) is 0 Å². The van der Waals surface area contributed by atoms with Crippen LogP contribution in [0.4, 0.5) is 0 Å². The van der Waals surface area contributed by atoms with Crippen LogP contribution in [0.25, 0.3) is 11.0 Å². The van der Waals surface area contributed by atoms with E-state index in [9.17, 15) is 0 Å². The van der Waals surface area contributed by atoms with E-state index in [4.69, 9.17) is 9.72 Å². The first kappa shape index (κ1) is 17.7. The van der Waals surface area contributed by atoms with Crippen molar-refractivity contribution in [1.82, 2.24) is 14.5 Å². The summed E-state index contributed by atoms with van der Waals surface area (Å²) in [7, 11) is 2.13. The molecule has 1 saturated heterocycles. The molecule has 0 radical (unpaired) electrons. The molecule has 1 saturated carbocycles. The monoisotopic (exact) mass is 375 g/mol. The van der Waals surface area contributed by atoms with Crippen LogP contribution in [0, 0.1) is 17.8 Å². The third-order valence-electron chi connectivity index (χ3n) is 6.68. The first-order chi connectivity index (χ1) is 13.6. The maximum Gasteiger partial charge on any atom is 0.123 e. The molecule has 0 bridgehead atoms. The molecule has 146 valence electrons. The third kappa shape index (κ3) is 3.20. The fourth-order valence-corrected chi connectivity index (χ4v) is 4.79. The van der Waals surface area contributed by atoms with Gasteiger partial charge in [0.15, 0.2) is 0 Å². The van der Waals surface area contributed by atoms with Gasteiger partial charge in [-0.15, -0.1) is 0 Å². The van der Waals surface area contributed by atoms with Crippen molar-refractivity contribution >= 4 is 11.0 Å². The van der Waals surface area contributed by atoms with Gasteiger partial charge >= 0.3 is 0 Å². The summed E-state index contributed by atoms with van der Waals surface area (Å²) < 4.78 is 8.32. The molecule has 1 aromatic heterocycles. The summed E-state index contributed by atoms with van der Waals surface area (Å²) in [5, 5.41) is 0. The summed E-state index contributed by atoms with van der Waals surface area (Å²) in [4.78, 5) is 7.39. The normalized spacial score (nSPS) is 24.1. The molecule has 1 unspecified atom stereocenters. The minimum absolute atomic E-state index is 0.569. The molecule has 5 rings (SSSR count). The highest BCUT2D eigenvalue weighted by Gasteiger charge is 2.55. The zero-order valence-electron chi connectivity index (χ0n) is 17.0. The van der Waals surface area contributed by atoms with Gasteiger partial charge < -0.3 is 9.30 Å². The Morgan fingerprint density at radius 3 is 2.43 bits per heavy atom. The average Bonchev–Trinajstić information content (AvgIpc) is 3.01. The van der Waals surface area contributed by atoms with Gasteiger partial charge in [-0.3, -0.25) is 4.90 Å². The predicted octanol–water partition coefficient (Wildman–Crippen LogP) is 4.45. The maximum absolute atomic E-state index is 6.08. The highest BCUT2D eigenvalue weighted by atomic mass is 16.5. The van der Waals surface area contributed by atoms with Crippen molar-refractivity contribution in [3.05, 3.63) is 59.9 Å². The molecule has 2 aromatic carbocycles. The lowest BCUT2D eigenvalue weighted by Gasteiger charge is -2.19. The van der Waals surface area contributed by atoms with Crippen molar-refractivity contribution in [1.29, 1.82) is 0 Å². The Labute approximate surface area is 167 Å². The van der Waals surface area contributed by atoms with Gasteiger partial charge in [0, 0.05) is 26.1 Å². The van der Waals surface area contributed by atoms with Crippen molar-refractivity contribution < 1.29 is 4.74 Å². The van der Waals surface area contributed by atoms with Crippen LogP contribution in [0.5, 0.6) is 5.75 Å². The van der Waals surface area contributed by atoms with Crippen LogP contribution in [0.1, 0.15) is 31.2 Å². The Kier molecular flexibility index (Phi) is 4.39. The summed E-state index contributed by atoms with van der Waals surface area (Å²) in [5.41, 5.74) is 3.68. The fourth-order valence-electron chi connectivity index (χ4n) is 4.79. The summed E-state index contributed by atoms with van der Waals surface area (Å²) in [5.74, 6) is 5.06. The van der Waals surface area contributed by atoms with Crippen molar-refractivity contribution in [2.24, 2.45) is 24.8 Å². The number of imidazole rings is 1. The van der Waals surface area contributed by atoms with Gasteiger partial charge in [-0.25, -0.2) is 4.98 Å². The topological polar surface area (TPSA) is 30.3 Å². The quantitative estimate of drug-likeness (QED) is 0.637. The number of nitrogens with zero attached hydrogens (tertiary/aromatic N) is 3. The van der Waals surface area contributed by atoms with E-state index in [1.165, 1.54) is 30.0 Å². The molecule has 0 amide bonds.